The maximum absolute atomic E-state index is 6.40. The fraction of sp³-hybridized carbons (Fsp3) is 1.00. The lowest BCUT2D eigenvalue weighted by molar-refractivity contribution is 0.0872. The maximum Gasteiger partial charge on any atom is 0.0295 e. The Hall–Kier alpha value is -0.0800. The number of nitrogens with two attached hydrogens (primary N) is 1. The van der Waals surface area contributed by atoms with Gasteiger partial charge in [0.05, 0.1) is 0 Å². The van der Waals surface area contributed by atoms with Crippen molar-refractivity contribution < 1.29 is 0 Å². The predicted octanol–water partition coefficient (Wildman–Crippen LogP) is 3.51. The van der Waals surface area contributed by atoms with Gasteiger partial charge in [0.15, 0.2) is 0 Å². The van der Waals surface area contributed by atoms with Gasteiger partial charge in [-0.3, -0.25) is 4.90 Å². The third-order valence-electron chi connectivity index (χ3n) is 4.60. The summed E-state index contributed by atoms with van der Waals surface area (Å²) in [6, 6.07) is 0.804. The van der Waals surface area contributed by atoms with Crippen molar-refractivity contribution in [3.63, 3.8) is 0 Å². The third-order valence-corrected chi connectivity index (χ3v) is 4.60. The Morgan fingerprint density at radius 3 is 2.06 bits per heavy atom. The van der Waals surface area contributed by atoms with Crippen molar-refractivity contribution in [1.29, 1.82) is 0 Å². The zero-order valence-corrected chi connectivity index (χ0v) is 13.6. The van der Waals surface area contributed by atoms with Crippen molar-refractivity contribution in [2.24, 2.45) is 22.5 Å². The molecule has 0 amide bonds. The van der Waals surface area contributed by atoms with E-state index in [1.54, 1.807) is 0 Å². The van der Waals surface area contributed by atoms with E-state index in [2.05, 4.69) is 53.4 Å². The topological polar surface area (TPSA) is 29.3 Å². The van der Waals surface area contributed by atoms with Crippen LogP contribution >= 0.6 is 0 Å². The second kappa shape index (κ2) is 5.50. The second-order valence-electron chi connectivity index (χ2n) is 8.23. The predicted molar refractivity (Wildman–Crippen MR) is 80.6 cm³/mol. The molecule has 1 rings (SSSR count). The molecule has 1 saturated heterocycles. The van der Waals surface area contributed by atoms with E-state index in [4.69, 9.17) is 5.73 Å². The summed E-state index contributed by atoms with van der Waals surface area (Å²) in [5.74, 6) is 0.811. The molecule has 2 N–H and O–H groups in total. The van der Waals surface area contributed by atoms with Gasteiger partial charge in [-0.25, -0.2) is 0 Å². The molecule has 1 aliphatic rings. The summed E-state index contributed by atoms with van der Waals surface area (Å²) in [7, 11) is 0. The first kappa shape index (κ1) is 16.0. The van der Waals surface area contributed by atoms with Gasteiger partial charge >= 0.3 is 0 Å². The minimum absolute atomic E-state index is 0.266. The summed E-state index contributed by atoms with van der Waals surface area (Å²) in [5, 5.41) is 0. The molecule has 1 aliphatic heterocycles. The quantitative estimate of drug-likeness (QED) is 0.835. The van der Waals surface area contributed by atoms with Crippen LogP contribution in [0.1, 0.15) is 61.3 Å². The summed E-state index contributed by atoms with van der Waals surface area (Å²) < 4.78 is 0. The van der Waals surface area contributed by atoms with E-state index in [0.29, 0.717) is 17.5 Å². The van der Waals surface area contributed by atoms with Crippen LogP contribution in [-0.4, -0.2) is 30.1 Å². The lowest BCUT2D eigenvalue weighted by Gasteiger charge is -2.42. The van der Waals surface area contributed by atoms with E-state index in [9.17, 15) is 0 Å². The number of rotatable bonds is 3. The average molecular weight is 254 g/mol. The molecule has 0 spiro atoms. The third kappa shape index (κ3) is 3.71. The van der Waals surface area contributed by atoms with Crippen molar-refractivity contribution in [2.45, 2.75) is 73.4 Å². The van der Waals surface area contributed by atoms with E-state index in [-0.39, 0.29) is 5.41 Å². The van der Waals surface area contributed by atoms with Gasteiger partial charge in [-0.1, -0.05) is 48.5 Å². The Balaban J connectivity index is 2.79. The van der Waals surface area contributed by atoms with Crippen LogP contribution in [0.5, 0.6) is 0 Å². The molecule has 0 aliphatic carbocycles. The van der Waals surface area contributed by atoms with Gasteiger partial charge in [0, 0.05) is 18.6 Å². The Labute approximate surface area is 114 Å². The standard InChI is InChI=1S/C16H34N2/c1-8-13(17)14(16(5,6)7)18-10-9-12(11-18)15(2,3)4/h12-14H,8-11,17H2,1-7H3. The van der Waals surface area contributed by atoms with Gasteiger partial charge in [0.2, 0.25) is 0 Å². The average Bonchev–Trinajstić information content (AvgIpc) is 2.63. The van der Waals surface area contributed by atoms with Crippen LogP contribution in [0.3, 0.4) is 0 Å². The summed E-state index contributed by atoms with van der Waals surface area (Å²) in [5.41, 5.74) is 7.09. The van der Waals surface area contributed by atoms with Gasteiger partial charge < -0.3 is 5.73 Å². The summed E-state index contributed by atoms with van der Waals surface area (Å²) in [4.78, 5) is 2.66. The first-order valence-electron chi connectivity index (χ1n) is 7.57. The lowest BCUT2D eigenvalue weighted by atomic mass is 9.79. The fourth-order valence-corrected chi connectivity index (χ4v) is 3.43. The van der Waals surface area contributed by atoms with Crippen LogP contribution in [0.2, 0.25) is 0 Å². The SMILES string of the molecule is CCC(N)C(N1CCC(C(C)(C)C)C1)C(C)(C)C. The first-order valence-corrected chi connectivity index (χ1v) is 7.57. The number of hydrogen-bond donors (Lipinski definition) is 1. The molecule has 0 aromatic carbocycles. The van der Waals surface area contributed by atoms with E-state index >= 15 is 0 Å². The molecule has 0 bridgehead atoms. The van der Waals surface area contributed by atoms with E-state index in [1.807, 2.05) is 0 Å². The Morgan fingerprint density at radius 1 is 1.17 bits per heavy atom. The van der Waals surface area contributed by atoms with Gasteiger partial charge in [0.1, 0.15) is 0 Å². The Kier molecular flexibility index (Phi) is 4.88. The molecule has 3 unspecified atom stereocenters. The van der Waals surface area contributed by atoms with E-state index in [1.165, 1.54) is 19.5 Å². The second-order valence-corrected chi connectivity index (χ2v) is 8.23. The highest BCUT2D eigenvalue weighted by molar-refractivity contribution is 4.95. The largest absolute Gasteiger partial charge is 0.326 e. The van der Waals surface area contributed by atoms with Gasteiger partial charge in [-0.2, -0.15) is 0 Å². The Bertz CT molecular complexity index is 259. The zero-order chi connectivity index (χ0) is 14.1. The normalized spacial score (nSPS) is 26.3. The van der Waals surface area contributed by atoms with Crippen LogP contribution < -0.4 is 5.73 Å². The highest BCUT2D eigenvalue weighted by Crippen LogP contribution is 2.38. The molecule has 1 heterocycles. The van der Waals surface area contributed by atoms with Gasteiger partial charge in [-0.15, -0.1) is 0 Å². The van der Waals surface area contributed by atoms with Crippen molar-refractivity contribution in [2.75, 3.05) is 13.1 Å². The van der Waals surface area contributed by atoms with E-state index < -0.39 is 0 Å². The number of likely N-dealkylation sites (tertiary alicyclic amines) is 1. The highest BCUT2D eigenvalue weighted by atomic mass is 15.2. The smallest absolute Gasteiger partial charge is 0.0295 e. The highest BCUT2D eigenvalue weighted by Gasteiger charge is 2.40. The van der Waals surface area contributed by atoms with Crippen molar-refractivity contribution in [1.82, 2.24) is 4.90 Å². The molecule has 0 aromatic heterocycles. The van der Waals surface area contributed by atoms with Crippen LogP contribution in [0, 0.1) is 16.7 Å². The molecule has 3 atom stereocenters. The molecule has 0 aromatic rings. The monoisotopic (exact) mass is 254 g/mol. The van der Waals surface area contributed by atoms with Crippen LogP contribution in [-0.2, 0) is 0 Å². The summed E-state index contributed by atoms with van der Waals surface area (Å²) in [6.07, 6.45) is 2.39. The minimum atomic E-state index is 0.266. The molecule has 2 nitrogen and oxygen atoms in total. The van der Waals surface area contributed by atoms with Crippen LogP contribution in [0.25, 0.3) is 0 Å². The molecule has 108 valence electrons. The molecule has 2 heteroatoms. The summed E-state index contributed by atoms with van der Waals surface area (Å²) in [6.45, 7) is 18.7. The van der Waals surface area contributed by atoms with E-state index in [0.717, 1.165) is 12.3 Å². The van der Waals surface area contributed by atoms with Gasteiger partial charge in [-0.05, 0) is 36.1 Å². The molecule has 0 saturated carbocycles. The van der Waals surface area contributed by atoms with Crippen molar-refractivity contribution in [3.8, 4) is 0 Å². The molecular formula is C16H34N2. The van der Waals surface area contributed by atoms with Crippen LogP contribution in [0.15, 0.2) is 0 Å². The van der Waals surface area contributed by atoms with Gasteiger partial charge in [0.25, 0.3) is 0 Å². The molecule has 0 radical (unpaired) electrons. The maximum atomic E-state index is 6.40. The van der Waals surface area contributed by atoms with Crippen molar-refractivity contribution >= 4 is 0 Å². The molecule has 1 fully saturated rings. The lowest BCUT2D eigenvalue weighted by Crippen LogP contribution is -2.54. The number of nitrogens with zero attached hydrogens (tertiary/aromatic N) is 1. The number of hydrogen-bond acceptors (Lipinski definition) is 2. The van der Waals surface area contributed by atoms with Crippen LogP contribution in [0.4, 0.5) is 0 Å². The Morgan fingerprint density at radius 2 is 1.72 bits per heavy atom. The molecular weight excluding hydrogens is 220 g/mol. The fourth-order valence-electron chi connectivity index (χ4n) is 3.43. The first-order chi connectivity index (χ1) is 8.07. The minimum Gasteiger partial charge on any atom is -0.326 e. The zero-order valence-electron chi connectivity index (χ0n) is 13.6. The van der Waals surface area contributed by atoms with Crippen molar-refractivity contribution in [3.05, 3.63) is 0 Å². The molecule has 18 heavy (non-hydrogen) atoms. The summed E-state index contributed by atoms with van der Waals surface area (Å²) >= 11 is 0.